The maximum atomic E-state index is 11.1. The lowest BCUT2D eigenvalue weighted by Crippen LogP contribution is -2.28. The maximum absolute atomic E-state index is 11.1. The molecule has 2 unspecified atom stereocenters. The van der Waals surface area contributed by atoms with Crippen LogP contribution in [0.4, 0.5) is 0 Å². The van der Waals surface area contributed by atoms with Crippen LogP contribution in [0.2, 0.25) is 0 Å². The van der Waals surface area contributed by atoms with Gasteiger partial charge in [-0.25, -0.2) is 4.79 Å². The van der Waals surface area contributed by atoms with E-state index in [0.29, 0.717) is 11.5 Å². The number of benzene rings is 2. The molecule has 2 aliphatic rings. The molecule has 2 N–H and O–H groups in total. The van der Waals surface area contributed by atoms with E-state index >= 15 is 0 Å². The van der Waals surface area contributed by atoms with E-state index in [1.807, 2.05) is 55.5 Å². The van der Waals surface area contributed by atoms with E-state index in [0.717, 1.165) is 30.4 Å². The van der Waals surface area contributed by atoms with Crippen molar-refractivity contribution < 1.29 is 19.7 Å². The maximum Gasteiger partial charge on any atom is 0.335 e. The summed E-state index contributed by atoms with van der Waals surface area (Å²) in [5.41, 5.74) is 2.57. The summed E-state index contributed by atoms with van der Waals surface area (Å²) in [7, 11) is 0. The van der Waals surface area contributed by atoms with E-state index in [1.165, 1.54) is 0 Å². The molecule has 0 aromatic heterocycles. The average Bonchev–Trinajstić information content (AvgIpc) is 3.34. The number of hydrogen-bond acceptors (Lipinski definition) is 3. The molecule has 0 spiro atoms. The quantitative estimate of drug-likeness (QED) is 0.684. The van der Waals surface area contributed by atoms with Crippen LogP contribution < -0.4 is 0 Å². The molecule has 2 bridgehead atoms. The smallest absolute Gasteiger partial charge is 0.335 e. The molecule has 4 heteroatoms. The lowest BCUT2D eigenvalue weighted by atomic mass is 9.75. The summed E-state index contributed by atoms with van der Waals surface area (Å²) in [6, 6.07) is 17.2. The third kappa shape index (κ3) is 4.29. The molecular formula is C25H28O4. The summed E-state index contributed by atoms with van der Waals surface area (Å²) in [5.74, 6) is -0.221. The molecule has 0 saturated carbocycles. The van der Waals surface area contributed by atoms with Crippen molar-refractivity contribution in [1.82, 2.24) is 0 Å². The Kier molecular flexibility index (Phi) is 5.84. The second kappa shape index (κ2) is 8.52. The zero-order chi connectivity index (χ0) is 20.4. The molecule has 0 radical (unpaired) electrons. The Morgan fingerprint density at radius 3 is 2.48 bits per heavy atom. The lowest BCUT2D eigenvalue weighted by Gasteiger charge is -2.26. The van der Waals surface area contributed by atoms with Crippen molar-refractivity contribution in [1.29, 1.82) is 0 Å². The molecule has 6 atom stereocenters. The van der Waals surface area contributed by atoms with Crippen LogP contribution in [0.3, 0.4) is 0 Å². The number of aliphatic hydroxyl groups excluding tert-OH is 1. The average molecular weight is 392 g/mol. The van der Waals surface area contributed by atoms with Gasteiger partial charge in [-0.3, -0.25) is 0 Å². The topological polar surface area (TPSA) is 66.8 Å². The van der Waals surface area contributed by atoms with Crippen molar-refractivity contribution in [3.8, 4) is 0 Å². The van der Waals surface area contributed by atoms with Gasteiger partial charge in [-0.1, -0.05) is 61.5 Å². The second-order valence-electron chi connectivity index (χ2n) is 8.31. The number of ether oxygens (including phenoxy) is 1. The first-order valence-electron chi connectivity index (χ1n) is 10.4. The van der Waals surface area contributed by atoms with Crippen LogP contribution in [0, 0.1) is 11.8 Å². The van der Waals surface area contributed by atoms with Gasteiger partial charge >= 0.3 is 5.97 Å². The zero-order valence-corrected chi connectivity index (χ0v) is 16.6. The predicted molar refractivity (Wildman–Crippen MR) is 112 cm³/mol. The minimum absolute atomic E-state index is 0.0361. The van der Waals surface area contributed by atoms with Crippen LogP contribution >= 0.6 is 0 Å². The minimum atomic E-state index is -0.901. The van der Waals surface area contributed by atoms with E-state index in [1.54, 1.807) is 12.1 Å². The molecule has 29 heavy (non-hydrogen) atoms. The fourth-order valence-corrected chi connectivity index (χ4v) is 4.76. The Balaban J connectivity index is 1.45. The molecule has 2 aromatic carbocycles. The Morgan fingerprint density at radius 1 is 1.10 bits per heavy atom. The van der Waals surface area contributed by atoms with E-state index in [-0.39, 0.29) is 24.0 Å². The van der Waals surface area contributed by atoms with Gasteiger partial charge in [0, 0.05) is 11.8 Å². The van der Waals surface area contributed by atoms with Gasteiger partial charge in [0.2, 0.25) is 0 Å². The molecule has 2 aliphatic heterocycles. The number of hydrogen-bond donors (Lipinski definition) is 2. The van der Waals surface area contributed by atoms with Crippen LogP contribution in [0.25, 0.3) is 0 Å². The van der Waals surface area contributed by atoms with Gasteiger partial charge in [-0.05, 0) is 48.4 Å². The van der Waals surface area contributed by atoms with Crippen LogP contribution in [-0.4, -0.2) is 34.5 Å². The third-order valence-corrected chi connectivity index (χ3v) is 6.53. The molecule has 4 rings (SSSR count). The lowest BCUT2D eigenvalue weighted by molar-refractivity contribution is 0.0696. The number of carboxylic acid groups (broad SMARTS) is 1. The summed E-state index contributed by atoms with van der Waals surface area (Å²) >= 11 is 0. The summed E-state index contributed by atoms with van der Waals surface area (Å²) < 4.78 is 6.18. The number of aliphatic hydroxyl groups is 1. The molecule has 2 fully saturated rings. The molecule has 0 amide bonds. The normalized spacial score (nSPS) is 27.9. The van der Waals surface area contributed by atoms with Crippen molar-refractivity contribution >= 4 is 5.97 Å². The molecule has 4 nitrogen and oxygen atoms in total. The van der Waals surface area contributed by atoms with E-state index in [4.69, 9.17) is 9.84 Å². The highest BCUT2D eigenvalue weighted by atomic mass is 16.5. The molecule has 2 aromatic rings. The SMILES string of the molecule is CC(c1ccccc1)C(O)C=C[C@H]1[C@@H](Cc2ccc(C(=O)O)cc2)[C@H]2CC[C@@H]1O2. The van der Waals surface area contributed by atoms with Crippen LogP contribution in [0.5, 0.6) is 0 Å². The largest absolute Gasteiger partial charge is 0.478 e. The fraction of sp³-hybridized carbons (Fsp3) is 0.400. The number of rotatable bonds is 7. The molecule has 152 valence electrons. The first-order chi connectivity index (χ1) is 14.0. The number of aromatic carboxylic acids is 1. The van der Waals surface area contributed by atoms with Gasteiger partial charge in [0.25, 0.3) is 0 Å². The van der Waals surface area contributed by atoms with Crippen LogP contribution in [-0.2, 0) is 11.2 Å². The second-order valence-corrected chi connectivity index (χ2v) is 8.31. The molecule has 2 heterocycles. The predicted octanol–water partition coefficient (Wildman–Crippen LogP) is 4.44. The van der Waals surface area contributed by atoms with Crippen molar-refractivity contribution in [2.45, 2.75) is 50.4 Å². The number of carboxylic acids is 1. The minimum Gasteiger partial charge on any atom is -0.478 e. The Labute approximate surface area is 171 Å². The third-order valence-electron chi connectivity index (χ3n) is 6.53. The summed E-state index contributed by atoms with van der Waals surface area (Å²) in [6.07, 6.45) is 7.04. The first kappa shape index (κ1) is 19.9. The summed E-state index contributed by atoms with van der Waals surface area (Å²) in [4.78, 5) is 11.1. The van der Waals surface area contributed by atoms with Crippen LogP contribution in [0.1, 0.15) is 47.2 Å². The molecule has 0 aliphatic carbocycles. The van der Waals surface area contributed by atoms with E-state index < -0.39 is 12.1 Å². The highest BCUT2D eigenvalue weighted by molar-refractivity contribution is 5.87. The highest BCUT2D eigenvalue weighted by Crippen LogP contribution is 2.45. The van der Waals surface area contributed by atoms with Gasteiger partial charge in [0.15, 0.2) is 0 Å². The Morgan fingerprint density at radius 2 is 1.79 bits per heavy atom. The van der Waals surface area contributed by atoms with Gasteiger partial charge in [-0.2, -0.15) is 0 Å². The summed E-state index contributed by atoms with van der Waals surface area (Å²) in [6.45, 7) is 2.04. The van der Waals surface area contributed by atoms with Crippen LogP contribution in [0.15, 0.2) is 66.7 Å². The van der Waals surface area contributed by atoms with Gasteiger partial charge in [0.05, 0.1) is 23.9 Å². The summed E-state index contributed by atoms with van der Waals surface area (Å²) in [5, 5.41) is 19.8. The van der Waals surface area contributed by atoms with Crippen molar-refractivity contribution in [3.63, 3.8) is 0 Å². The van der Waals surface area contributed by atoms with Gasteiger partial charge < -0.3 is 14.9 Å². The van der Waals surface area contributed by atoms with Crippen molar-refractivity contribution in [2.75, 3.05) is 0 Å². The van der Waals surface area contributed by atoms with Crippen molar-refractivity contribution in [2.24, 2.45) is 11.8 Å². The van der Waals surface area contributed by atoms with Crippen molar-refractivity contribution in [3.05, 3.63) is 83.4 Å². The standard InChI is InChI=1S/C25H28O4/c1-16(18-5-3-2-4-6-18)22(26)12-11-20-21(24-14-13-23(20)29-24)15-17-7-9-19(10-8-17)25(27)28/h2-12,16,20-24,26H,13-15H2,1H3,(H,27,28)/t16?,20-,21+,22?,23-,24+/m0/s1. The first-order valence-corrected chi connectivity index (χ1v) is 10.4. The number of carbonyl (C=O) groups is 1. The van der Waals surface area contributed by atoms with Gasteiger partial charge in [0.1, 0.15) is 0 Å². The molecular weight excluding hydrogens is 364 g/mol. The van der Waals surface area contributed by atoms with Gasteiger partial charge in [-0.15, -0.1) is 0 Å². The zero-order valence-electron chi connectivity index (χ0n) is 16.6. The Bertz CT molecular complexity index is 858. The van der Waals surface area contributed by atoms with E-state index in [9.17, 15) is 9.90 Å². The molecule has 2 saturated heterocycles. The monoisotopic (exact) mass is 392 g/mol. The Hall–Kier alpha value is -2.43. The fourth-order valence-electron chi connectivity index (χ4n) is 4.76. The number of fused-ring (bicyclic) bond motifs is 2. The highest BCUT2D eigenvalue weighted by Gasteiger charge is 2.47. The van der Waals surface area contributed by atoms with E-state index in [2.05, 4.69) is 6.08 Å².